The molecule has 1 aromatic carbocycles. The Labute approximate surface area is 175 Å². The zero-order chi connectivity index (χ0) is 21.1. The highest BCUT2D eigenvalue weighted by atomic mass is 16.2. The van der Waals surface area contributed by atoms with E-state index in [2.05, 4.69) is 33.6 Å². The molecule has 1 aliphatic heterocycles. The number of aromatic amines is 1. The number of aryl methyl sites for hydroxylation is 1. The van der Waals surface area contributed by atoms with Crippen LogP contribution in [0.15, 0.2) is 42.9 Å². The van der Waals surface area contributed by atoms with E-state index in [0.717, 1.165) is 39.0 Å². The number of H-pyrrole nitrogens is 1. The lowest BCUT2D eigenvalue weighted by molar-refractivity contribution is 0.203. The fraction of sp³-hybridized carbons (Fsp3) is 0.261. The van der Waals surface area contributed by atoms with Crippen molar-refractivity contribution >= 4 is 33.9 Å². The lowest BCUT2D eigenvalue weighted by Crippen LogP contribution is -2.42. The largest absolute Gasteiger partial charge is 0.361 e. The fourth-order valence-electron chi connectivity index (χ4n) is 3.84. The maximum absolute atomic E-state index is 12.1. The molecule has 2 amide bonds. The first-order valence-corrected chi connectivity index (χ1v) is 10.1. The van der Waals surface area contributed by atoms with Gasteiger partial charge in [-0.3, -0.25) is 4.98 Å². The van der Waals surface area contributed by atoms with Gasteiger partial charge in [-0.2, -0.15) is 5.26 Å². The predicted molar refractivity (Wildman–Crippen MR) is 119 cm³/mol. The summed E-state index contributed by atoms with van der Waals surface area (Å²) >= 11 is 0. The van der Waals surface area contributed by atoms with Crippen molar-refractivity contribution < 1.29 is 4.79 Å². The Morgan fingerprint density at radius 1 is 1.33 bits per heavy atom. The number of urea groups is 1. The Kier molecular flexibility index (Phi) is 5.40. The van der Waals surface area contributed by atoms with Gasteiger partial charge in [0.25, 0.3) is 0 Å². The number of amides is 2. The maximum Gasteiger partial charge on any atom is 0.317 e. The van der Waals surface area contributed by atoms with Gasteiger partial charge in [0, 0.05) is 60.4 Å². The summed E-state index contributed by atoms with van der Waals surface area (Å²) in [5.41, 5.74) is 6.37. The van der Waals surface area contributed by atoms with E-state index in [1.807, 2.05) is 37.4 Å². The van der Waals surface area contributed by atoms with E-state index < -0.39 is 0 Å². The van der Waals surface area contributed by atoms with E-state index in [0.29, 0.717) is 31.6 Å². The number of hydrogen-bond acceptors (Lipinski definition) is 4. The second kappa shape index (κ2) is 8.29. The lowest BCUT2D eigenvalue weighted by Gasteiger charge is -2.27. The average Bonchev–Trinajstić information content (AvgIpc) is 3.26. The number of nitrogens with one attached hydrogen (secondary N) is 3. The number of pyridine rings is 1. The second-order valence-corrected chi connectivity index (χ2v) is 7.28. The summed E-state index contributed by atoms with van der Waals surface area (Å²) in [5, 5.41) is 17.1. The molecule has 3 aromatic rings. The molecule has 2 aromatic heterocycles. The first-order valence-electron chi connectivity index (χ1n) is 10.1. The molecule has 0 aliphatic carbocycles. The summed E-state index contributed by atoms with van der Waals surface area (Å²) in [6.45, 7) is 5.75. The molecule has 4 rings (SSSR count). The first-order chi connectivity index (χ1) is 14.6. The standard InChI is InChI=1S/C23H24N6O/c1-3-26-23(30)29-10-7-16(8-11-29)19-14-25-13-17(12-24)22(19)28-20-4-5-21-18(15(20)2)6-9-27-21/h4-7,9,13-14,27H,3,8,10-11H2,1-2H3,(H,25,28)(H,26,30). The molecule has 0 fully saturated rings. The van der Waals surface area contributed by atoms with Crippen LogP contribution < -0.4 is 10.6 Å². The van der Waals surface area contributed by atoms with Crippen LogP contribution in [0.4, 0.5) is 16.2 Å². The Morgan fingerprint density at radius 2 is 2.20 bits per heavy atom. The van der Waals surface area contributed by atoms with Crippen LogP contribution in [0.1, 0.15) is 30.0 Å². The van der Waals surface area contributed by atoms with Crippen molar-refractivity contribution in [2.45, 2.75) is 20.3 Å². The highest BCUT2D eigenvalue weighted by Crippen LogP contribution is 2.34. The van der Waals surface area contributed by atoms with E-state index in [-0.39, 0.29) is 6.03 Å². The van der Waals surface area contributed by atoms with Crippen LogP contribution in [0.2, 0.25) is 0 Å². The van der Waals surface area contributed by atoms with Gasteiger partial charge < -0.3 is 20.5 Å². The van der Waals surface area contributed by atoms with E-state index >= 15 is 0 Å². The minimum Gasteiger partial charge on any atom is -0.361 e. The van der Waals surface area contributed by atoms with Crippen molar-refractivity contribution in [1.82, 2.24) is 20.2 Å². The topological polar surface area (TPSA) is 96.8 Å². The quantitative estimate of drug-likeness (QED) is 0.608. The monoisotopic (exact) mass is 400 g/mol. The zero-order valence-corrected chi connectivity index (χ0v) is 17.1. The fourth-order valence-corrected chi connectivity index (χ4v) is 3.84. The molecule has 0 saturated heterocycles. The molecule has 1 aliphatic rings. The third-order valence-corrected chi connectivity index (χ3v) is 5.50. The van der Waals surface area contributed by atoms with Crippen molar-refractivity contribution in [3.8, 4) is 6.07 Å². The molecule has 3 N–H and O–H groups in total. The molecule has 7 heteroatoms. The number of aromatic nitrogens is 2. The van der Waals surface area contributed by atoms with Gasteiger partial charge in [0.2, 0.25) is 0 Å². The SMILES string of the molecule is CCNC(=O)N1CC=C(c2cncc(C#N)c2Nc2ccc3[nH]ccc3c2C)CC1. The van der Waals surface area contributed by atoms with Crippen molar-refractivity contribution in [1.29, 1.82) is 5.26 Å². The Morgan fingerprint density at radius 3 is 2.93 bits per heavy atom. The molecule has 30 heavy (non-hydrogen) atoms. The summed E-state index contributed by atoms with van der Waals surface area (Å²) < 4.78 is 0. The number of carbonyl (C=O) groups excluding carboxylic acids is 1. The summed E-state index contributed by atoms with van der Waals surface area (Å²) in [6, 6.07) is 8.31. The number of carbonyl (C=O) groups is 1. The number of benzene rings is 1. The van der Waals surface area contributed by atoms with Gasteiger partial charge in [-0.25, -0.2) is 4.79 Å². The number of anilines is 2. The van der Waals surface area contributed by atoms with Crippen molar-refractivity contribution in [3.05, 3.63) is 59.6 Å². The molecule has 0 spiro atoms. The molecule has 0 bridgehead atoms. The molecular formula is C23H24N6O. The predicted octanol–water partition coefficient (Wildman–Crippen LogP) is 4.31. The number of nitriles is 1. The van der Waals surface area contributed by atoms with Gasteiger partial charge in [0.05, 0.1) is 11.3 Å². The molecule has 3 heterocycles. The molecule has 0 radical (unpaired) electrons. The number of nitrogens with zero attached hydrogens (tertiary/aromatic N) is 3. The number of rotatable bonds is 4. The van der Waals surface area contributed by atoms with Crippen LogP contribution in [0.3, 0.4) is 0 Å². The number of fused-ring (bicyclic) bond motifs is 1. The minimum absolute atomic E-state index is 0.0505. The maximum atomic E-state index is 12.1. The van der Waals surface area contributed by atoms with Gasteiger partial charge in [-0.15, -0.1) is 0 Å². The van der Waals surface area contributed by atoms with Gasteiger partial charge in [0.15, 0.2) is 0 Å². The Hall–Kier alpha value is -3.79. The zero-order valence-electron chi connectivity index (χ0n) is 17.1. The second-order valence-electron chi connectivity index (χ2n) is 7.28. The van der Waals surface area contributed by atoms with E-state index in [4.69, 9.17) is 0 Å². The summed E-state index contributed by atoms with van der Waals surface area (Å²) in [4.78, 5) is 21.4. The van der Waals surface area contributed by atoms with Crippen LogP contribution in [0.25, 0.3) is 16.5 Å². The molecule has 0 atom stereocenters. The lowest BCUT2D eigenvalue weighted by atomic mass is 9.97. The third-order valence-electron chi connectivity index (χ3n) is 5.50. The Balaban J connectivity index is 1.68. The highest BCUT2D eigenvalue weighted by molar-refractivity contribution is 5.91. The van der Waals surface area contributed by atoms with Crippen LogP contribution in [-0.2, 0) is 0 Å². The summed E-state index contributed by atoms with van der Waals surface area (Å²) in [5.74, 6) is 0. The van der Waals surface area contributed by atoms with Crippen molar-refractivity contribution in [2.24, 2.45) is 0 Å². The highest BCUT2D eigenvalue weighted by Gasteiger charge is 2.21. The summed E-state index contributed by atoms with van der Waals surface area (Å²) in [6.07, 6.45) is 8.05. The number of hydrogen-bond donors (Lipinski definition) is 3. The van der Waals surface area contributed by atoms with E-state index in [1.54, 1.807) is 17.3 Å². The van der Waals surface area contributed by atoms with Gasteiger partial charge in [-0.1, -0.05) is 6.08 Å². The van der Waals surface area contributed by atoms with Crippen LogP contribution >= 0.6 is 0 Å². The third kappa shape index (κ3) is 3.60. The van der Waals surface area contributed by atoms with Crippen molar-refractivity contribution in [3.63, 3.8) is 0 Å². The minimum atomic E-state index is -0.0505. The average molecular weight is 400 g/mol. The van der Waals surface area contributed by atoms with Crippen LogP contribution in [-0.4, -0.2) is 40.5 Å². The van der Waals surface area contributed by atoms with Gasteiger partial charge in [0.1, 0.15) is 6.07 Å². The normalized spacial score (nSPS) is 13.6. The molecule has 7 nitrogen and oxygen atoms in total. The van der Waals surface area contributed by atoms with Crippen LogP contribution in [0.5, 0.6) is 0 Å². The first kappa shape index (κ1) is 19.5. The van der Waals surface area contributed by atoms with Gasteiger partial charge in [-0.05, 0) is 49.6 Å². The van der Waals surface area contributed by atoms with Crippen LogP contribution in [0, 0.1) is 18.3 Å². The molecular weight excluding hydrogens is 376 g/mol. The smallest absolute Gasteiger partial charge is 0.317 e. The van der Waals surface area contributed by atoms with Gasteiger partial charge >= 0.3 is 6.03 Å². The molecule has 152 valence electrons. The van der Waals surface area contributed by atoms with E-state index in [1.165, 1.54) is 0 Å². The van der Waals surface area contributed by atoms with Crippen molar-refractivity contribution in [2.75, 3.05) is 25.0 Å². The summed E-state index contributed by atoms with van der Waals surface area (Å²) in [7, 11) is 0. The molecule has 0 unspecified atom stereocenters. The molecule has 0 saturated carbocycles. The Bertz CT molecular complexity index is 1170. The van der Waals surface area contributed by atoms with E-state index in [9.17, 15) is 10.1 Å².